The summed E-state index contributed by atoms with van der Waals surface area (Å²) in [4.78, 5) is 24.4. The number of aliphatic hydroxyl groups is 1. The molecule has 0 spiro atoms. The van der Waals surface area contributed by atoms with Crippen LogP contribution >= 0.6 is 23.2 Å². The molecule has 0 radical (unpaired) electrons. The Bertz CT molecular complexity index is 616. The van der Waals surface area contributed by atoms with Gasteiger partial charge in [0.2, 0.25) is 11.8 Å². The highest BCUT2D eigenvalue weighted by atomic mass is 35.5. The second-order valence-corrected chi connectivity index (χ2v) is 6.16. The van der Waals surface area contributed by atoms with Crippen LogP contribution in [0.2, 0.25) is 10.0 Å². The van der Waals surface area contributed by atoms with Crippen molar-refractivity contribution in [3.8, 4) is 0 Å². The molecule has 0 heterocycles. The van der Waals surface area contributed by atoms with Crippen molar-refractivity contribution in [2.24, 2.45) is 0 Å². The van der Waals surface area contributed by atoms with Gasteiger partial charge in [-0.05, 0) is 19.1 Å². The van der Waals surface area contributed by atoms with E-state index in [0.29, 0.717) is 6.92 Å². The number of hydrogen-bond acceptors (Lipinski definition) is 3. The molecule has 1 atom stereocenters. The molecular weight excluding hydrogens is 372 g/mol. The number of hydrogen-bond donors (Lipinski definition) is 2. The number of halogens is 5. The molecule has 2 N–H and O–H groups in total. The molecule has 1 rings (SSSR count). The third kappa shape index (κ3) is 5.25. The van der Waals surface area contributed by atoms with Gasteiger partial charge in [0.15, 0.2) is 5.60 Å². The summed E-state index contributed by atoms with van der Waals surface area (Å²) in [6.07, 6.45) is -6.16. The number of rotatable bonds is 5. The van der Waals surface area contributed by atoms with E-state index in [0.717, 1.165) is 11.9 Å². The highest BCUT2D eigenvalue weighted by Crippen LogP contribution is 2.33. The monoisotopic (exact) mass is 386 g/mol. The first kappa shape index (κ1) is 20.5. The van der Waals surface area contributed by atoms with E-state index >= 15 is 0 Å². The van der Waals surface area contributed by atoms with Gasteiger partial charge in [0.1, 0.15) is 0 Å². The second-order valence-electron chi connectivity index (χ2n) is 5.34. The number of benzene rings is 1. The fraction of sp³-hybridized carbons (Fsp3) is 0.429. The Morgan fingerprint density at radius 1 is 1.25 bits per heavy atom. The van der Waals surface area contributed by atoms with Gasteiger partial charge in [-0.25, -0.2) is 0 Å². The van der Waals surface area contributed by atoms with E-state index in [1.807, 2.05) is 0 Å². The molecule has 134 valence electrons. The van der Waals surface area contributed by atoms with Gasteiger partial charge < -0.3 is 15.3 Å². The van der Waals surface area contributed by atoms with E-state index in [-0.39, 0.29) is 15.7 Å². The molecule has 0 aliphatic carbocycles. The van der Waals surface area contributed by atoms with Gasteiger partial charge in [0.05, 0.1) is 28.7 Å². The quantitative estimate of drug-likeness (QED) is 0.816. The molecule has 1 aromatic rings. The summed E-state index contributed by atoms with van der Waals surface area (Å²) >= 11 is 11.7. The van der Waals surface area contributed by atoms with E-state index in [1.54, 1.807) is 6.07 Å². The van der Waals surface area contributed by atoms with Crippen molar-refractivity contribution in [3.05, 3.63) is 28.2 Å². The summed E-state index contributed by atoms with van der Waals surface area (Å²) in [5.41, 5.74) is -3.05. The minimum atomic E-state index is -4.96. The zero-order chi connectivity index (χ0) is 18.7. The van der Waals surface area contributed by atoms with Crippen LogP contribution in [-0.4, -0.2) is 47.2 Å². The number of nitrogens with one attached hydrogen (secondary N) is 1. The number of likely N-dealkylation sites (N-methyl/N-ethyl adjacent to an activating group) is 1. The molecule has 24 heavy (non-hydrogen) atoms. The molecule has 5 nitrogen and oxygen atoms in total. The second kappa shape index (κ2) is 7.58. The molecule has 10 heteroatoms. The highest BCUT2D eigenvalue weighted by Gasteiger charge is 2.51. The maximum atomic E-state index is 12.6. The Kier molecular flexibility index (Phi) is 6.49. The predicted molar refractivity (Wildman–Crippen MR) is 84.0 cm³/mol. The van der Waals surface area contributed by atoms with Crippen LogP contribution in [-0.2, 0) is 9.59 Å². The Hall–Kier alpha value is -1.51. The third-order valence-electron chi connectivity index (χ3n) is 3.14. The summed E-state index contributed by atoms with van der Waals surface area (Å²) in [6, 6.07) is 4.53. The molecule has 0 saturated carbocycles. The topological polar surface area (TPSA) is 69.6 Å². The molecule has 0 bridgehead atoms. The number of carbonyl (C=O) groups is 2. The molecule has 1 aromatic carbocycles. The van der Waals surface area contributed by atoms with Crippen molar-refractivity contribution < 1.29 is 27.9 Å². The Morgan fingerprint density at radius 3 is 2.21 bits per heavy atom. The highest BCUT2D eigenvalue weighted by molar-refractivity contribution is 6.39. The standard InChI is InChI=1S/C14H15Cl2F3N2O3/c1-13(24,14(17,18)19)6-11(23)21(2)7-10(22)20-12-8(15)4-3-5-9(12)16/h3-5,24H,6-7H2,1-2H3,(H,20,22)/t13-/m1/s1. The minimum Gasteiger partial charge on any atom is -0.380 e. The van der Waals surface area contributed by atoms with Crippen molar-refractivity contribution in [2.75, 3.05) is 18.9 Å². The maximum Gasteiger partial charge on any atom is 0.417 e. The number of anilines is 1. The Balaban J connectivity index is 2.69. The van der Waals surface area contributed by atoms with Gasteiger partial charge in [0.25, 0.3) is 0 Å². The van der Waals surface area contributed by atoms with Crippen LogP contribution in [0.25, 0.3) is 0 Å². The number of nitrogens with zero attached hydrogens (tertiary/aromatic N) is 1. The minimum absolute atomic E-state index is 0.133. The smallest absolute Gasteiger partial charge is 0.380 e. The summed E-state index contributed by atoms with van der Waals surface area (Å²) in [7, 11) is 1.14. The molecule has 0 fully saturated rings. The number of carbonyl (C=O) groups excluding carboxylic acids is 2. The number of amides is 2. The fourth-order valence-electron chi connectivity index (χ4n) is 1.63. The van der Waals surface area contributed by atoms with Crippen molar-refractivity contribution in [3.63, 3.8) is 0 Å². The maximum absolute atomic E-state index is 12.6. The van der Waals surface area contributed by atoms with Gasteiger partial charge >= 0.3 is 6.18 Å². The van der Waals surface area contributed by atoms with Crippen molar-refractivity contribution >= 4 is 40.7 Å². The van der Waals surface area contributed by atoms with Gasteiger partial charge in [-0.3, -0.25) is 9.59 Å². The predicted octanol–water partition coefficient (Wildman–Crippen LogP) is 3.09. The van der Waals surface area contributed by atoms with Crippen LogP contribution in [0, 0.1) is 0 Å². The van der Waals surface area contributed by atoms with Crippen molar-refractivity contribution in [1.82, 2.24) is 4.90 Å². The first-order chi connectivity index (χ1) is 10.8. The average molecular weight is 387 g/mol. The lowest BCUT2D eigenvalue weighted by Gasteiger charge is -2.27. The molecule has 0 aromatic heterocycles. The molecule has 0 saturated heterocycles. The van der Waals surface area contributed by atoms with E-state index in [9.17, 15) is 27.9 Å². The van der Waals surface area contributed by atoms with Crippen LogP contribution in [0.4, 0.5) is 18.9 Å². The molecular formula is C14H15Cl2F3N2O3. The molecule has 2 amide bonds. The summed E-state index contributed by atoms with van der Waals surface area (Å²) in [5.74, 6) is -1.75. The van der Waals surface area contributed by atoms with Crippen LogP contribution in [0.15, 0.2) is 18.2 Å². The van der Waals surface area contributed by atoms with E-state index in [4.69, 9.17) is 23.2 Å². The fourth-order valence-corrected chi connectivity index (χ4v) is 2.12. The molecule has 0 aliphatic rings. The molecule has 0 aliphatic heterocycles. The summed E-state index contributed by atoms with van der Waals surface area (Å²) in [6.45, 7) is -0.0450. The lowest BCUT2D eigenvalue weighted by molar-refractivity contribution is -0.254. The summed E-state index contributed by atoms with van der Waals surface area (Å²) in [5, 5.41) is 12.0. The van der Waals surface area contributed by atoms with Gasteiger partial charge in [0, 0.05) is 7.05 Å². The zero-order valence-corrected chi connectivity index (χ0v) is 14.3. The van der Waals surface area contributed by atoms with Gasteiger partial charge in [-0.2, -0.15) is 13.2 Å². The third-order valence-corrected chi connectivity index (χ3v) is 3.77. The number of alkyl halides is 3. The van der Waals surface area contributed by atoms with Crippen LogP contribution < -0.4 is 5.32 Å². The van der Waals surface area contributed by atoms with E-state index in [2.05, 4.69) is 5.32 Å². The number of para-hydroxylation sites is 1. The van der Waals surface area contributed by atoms with Gasteiger partial charge in [-0.15, -0.1) is 0 Å². The van der Waals surface area contributed by atoms with Crippen LogP contribution in [0.3, 0.4) is 0 Å². The van der Waals surface area contributed by atoms with Crippen molar-refractivity contribution in [2.45, 2.75) is 25.1 Å². The SMILES string of the molecule is CN(CC(=O)Nc1c(Cl)cccc1Cl)C(=O)C[C@@](C)(O)C(F)(F)F. The van der Waals surface area contributed by atoms with E-state index in [1.165, 1.54) is 12.1 Å². The first-order valence-corrected chi connectivity index (χ1v) is 7.37. The van der Waals surface area contributed by atoms with Crippen LogP contribution in [0.5, 0.6) is 0 Å². The van der Waals surface area contributed by atoms with Crippen molar-refractivity contribution in [1.29, 1.82) is 0 Å². The average Bonchev–Trinajstić information content (AvgIpc) is 2.41. The van der Waals surface area contributed by atoms with E-state index < -0.39 is 36.6 Å². The van der Waals surface area contributed by atoms with Gasteiger partial charge in [-0.1, -0.05) is 29.3 Å². The van der Waals surface area contributed by atoms with Crippen LogP contribution in [0.1, 0.15) is 13.3 Å². The molecule has 0 unspecified atom stereocenters. The summed E-state index contributed by atoms with van der Waals surface area (Å²) < 4.78 is 37.7. The normalized spacial score (nSPS) is 14.0. The Labute approximate surface area is 146 Å². The lowest BCUT2D eigenvalue weighted by Crippen LogP contribution is -2.47. The lowest BCUT2D eigenvalue weighted by atomic mass is 10.0. The first-order valence-electron chi connectivity index (χ1n) is 6.62. The Morgan fingerprint density at radius 2 is 1.75 bits per heavy atom. The zero-order valence-electron chi connectivity index (χ0n) is 12.7. The largest absolute Gasteiger partial charge is 0.417 e.